The monoisotopic (exact) mass is 268 g/mol. The number of nitrogens with one attached hydrogen (secondary N) is 2. The van der Waals surface area contributed by atoms with Gasteiger partial charge in [0, 0.05) is 30.7 Å². The van der Waals surface area contributed by atoms with Crippen molar-refractivity contribution in [3.8, 4) is 11.5 Å². The van der Waals surface area contributed by atoms with E-state index in [0.717, 1.165) is 5.56 Å². The fraction of sp³-hybridized carbons (Fsp3) is 0.231. The molecule has 19 heavy (non-hydrogen) atoms. The molecular weight excluding hydrogens is 254 g/mol. The molecule has 0 aliphatic rings. The topological polar surface area (TPSA) is 46.3 Å². The van der Waals surface area contributed by atoms with E-state index < -0.39 is 6.61 Å². The van der Waals surface area contributed by atoms with Crippen LogP contribution >= 0.6 is 0 Å². The Morgan fingerprint density at radius 3 is 2.74 bits per heavy atom. The lowest BCUT2D eigenvalue weighted by Gasteiger charge is -2.12. The van der Waals surface area contributed by atoms with Crippen LogP contribution in [0.2, 0.25) is 0 Å². The number of hydrogen-bond donors (Lipinski definition) is 2. The van der Waals surface area contributed by atoms with E-state index >= 15 is 0 Å². The molecule has 4 nitrogen and oxygen atoms in total. The predicted octanol–water partition coefficient (Wildman–Crippen LogP) is 3.24. The average molecular weight is 268 g/mol. The largest absolute Gasteiger partial charge is 0.493 e. The van der Waals surface area contributed by atoms with Gasteiger partial charge in [-0.05, 0) is 23.8 Å². The van der Waals surface area contributed by atoms with Gasteiger partial charge in [-0.25, -0.2) is 0 Å². The molecule has 2 aromatic rings. The number of hydrogen-bond acceptors (Lipinski definition) is 3. The molecule has 0 saturated heterocycles. The van der Waals surface area contributed by atoms with Gasteiger partial charge < -0.3 is 19.8 Å². The Morgan fingerprint density at radius 2 is 2.11 bits per heavy atom. The normalized spacial score (nSPS) is 10.5. The summed E-state index contributed by atoms with van der Waals surface area (Å²) in [7, 11) is 1.40. The number of alkyl halides is 2. The molecule has 0 aliphatic carbocycles. The van der Waals surface area contributed by atoms with E-state index in [4.69, 9.17) is 4.74 Å². The highest BCUT2D eigenvalue weighted by Gasteiger charge is 2.11. The van der Waals surface area contributed by atoms with E-state index in [1.54, 1.807) is 12.1 Å². The molecule has 1 aromatic carbocycles. The lowest BCUT2D eigenvalue weighted by atomic mass is 10.2. The van der Waals surface area contributed by atoms with Crippen LogP contribution in [0, 0.1) is 0 Å². The van der Waals surface area contributed by atoms with Gasteiger partial charge in [-0.3, -0.25) is 0 Å². The van der Waals surface area contributed by atoms with Gasteiger partial charge in [0.1, 0.15) is 0 Å². The predicted molar refractivity (Wildman–Crippen MR) is 67.7 cm³/mol. The molecule has 0 spiro atoms. The number of aromatic nitrogens is 1. The first-order chi connectivity index (χ1) is 9.19. The van der Waals surface area contributed by atoms with Crippen LogP contribution in [0.15, 0.2) is 36.7 Å². The quantitative estimate of drug-likeness (QED) is 0.845. The van der Waals surface area contributed by atoms with E-state index in [1.807, 2.05) is 18.5 Å². The maximum absolute atomic E-state index is 12.3. The number of methoxy groups -OCH3 is 1. The van der Waals surface area contributed by atoms with Crippen molar-refractivity contribution in [2.24, 2.45) is 0 Å². The summed E-state index contributed by atoms with van der Waals surface area (Å²) >= 11 is 0. The number of anilines is 1. The summed E-state index contributed by atoms with van der Waals surface area (Å²) in [6, 6.07) is 6.73. The van der Waals surface area contributed by atoms with Crippen LogP contribution in [-0.4, -0.2) is 18.7 Å². The summed E-state index contributed by atoms with van der Waals surface area (Å²) in [4.78, 5) is 2.94. The van der Waals surface area contributed by atoms with Crippen molar-refractivity contribution in [3.63, 3.8) is 0 Å². The summed E-state index contributed by atoms with van der Waals surface area (Å²) in [5.74, 6) is 0.282. The van der Waals surface area contributed by atoms with Gasteiger partial charge in [-0.2, -0.15) is 8.78 Å². The Balaban J connectivity index is 2.08. The zero-order valence-electron chi connectivity index (χ0n) is 10.3. The first kappa shape index (κ1) is 13.2. The van der Waals surface area contributed by atoms with Gasteiger partial charge in [0.25, 0.3) is 0 Å². The molecule has 1 heterocycles. The van der Waals surface area contributed by atoms with Crippen molar-refractivity contribution in [1.82, 2.24) is 4.98 Å². The van der Waals surface area contributed by atoms with Gasteiger partial charge in [0.2, 0.25) is 0 Å². The van der Waals surface area contributed by atoms with Gasteiger partial charge in [-0.1, -0.05) is 0 Å². The third kappa shape index (κ3) is 3.61. The first-order valence-electron chi connectivity index (χ1n) is 5.67. The fourth-order valence-electron chi connectivity index (χ4n) is 1.65. The van der Waals surface area contributed by atoms with Gasteiger partial charge in [-0.15, -0.1) is 0 Å². The van der Waals surface area contributed by atoms with Crippen molar-refractivity contribution in [3.05, 3.63) is 42.2 Å². The molecule has 2 N–H and O–H groups in total. The van der Waals surface area contributed by atoms with E-state index in [9.17, 15) is 8.78 Å². The molecule has 0 unspecified atom stereocenters. The molecule has 0 atom stereocenters. The van der Waals surface area contributed by atoms with Gasteiger partial charge >= 0.3 is 6.61 Å². The molecule has 0 radical (unpaired) electrons. The number of benzene rings is 1. The molecule has 2 rings (SSSR count). The second kappa shape index (κ2) is 6.08. The minimum atomic E-state index is -2.88. The van der Waals surface area contributed by atoms with Gasteiger partial charge in [0.15, 0.2) is 11.5 Å². The summed E-state index contributed by atoms with van der Waals surface area (Å²) in [5.41, 5.74) is 1.74. The van der Waals surface area contributed by atoms with Crippen LogP contribution in [0.4, 0.5) is 14.5 Å². The van der Waals surface area contributed by atoms with Crippen molar-refractivity contribution >= 4 is 5.69 Å². The Hall–Kier alpha value is -2.24. The average Bonchev–Trinajstić information content (AvgIpc) is 2.89. The fourth-order valence-corrected chi connectivity index (χ4v) is 1.65. The zero-order valence-corrected chi connectivity index (χ0v) is 10.3. The second-order valence-corrected chi connectivity index (χ2v) is 3.82. The molecule has 0 fully saturated rings. The van der Waals surface area contributed by atoms with Crippen molar-refractivity contribution in [1.29, 1.82) is 0 Å². The SMILES string of the molecule is COc1ccc(NCc2cc[nH]c2)cc1OC(F)F. The molecule has 102 valence electrons. The first-order valence-corrected chi connectivity index (χ1v) is 5.67. The van der Waals surface area contributed by atoms with Crippen LogP contribution in [0.3, 0.4) is 0 Å². The highest BCUT2D eigenvalue weighted by atomic mass is 19.3. The van der Waals surface area contributed by atoms with E-state index in [2.05, 4.69) is 15.0 Å². The third-order valence-corrected chi connectivity index (χ3v) is 2.54. The zero-order chi connectivity index (χ0) is 13.7. The number of ether oxygens (including phenoxy) is 2. The number of halogens is 2. The highest BCUT2D eigenvalue weighted by Crippen LogP contribution is 2.31. The number of H-pyrrole nitrogens is 1. The van der Waals surface area contributed by atoms with Crippen molar-refractivity contribution in [2.45, 2.75) is 13.2 Å². The standard InChI is InChI=1S/C13H14F2N2O2/c1-18-11-3-2-10(6-12(11)19-13(14)15)17-8-9-4-5-16-7-9/h2-7,13,16-17H,8H2,1H3. The Morgan fingerprint density at radius 1 is 1.26 bits per heavy atom. The van der Waals surface area contributed by atoms with E-state index in [-0.39, 0.29) is 11.5 Å². The van der Waals surface area contributed by atoms with Crippen LogP contribution in [0.25, 0.3) is 0 Å². The lowest BCUT2D eigenvalue weighted by molar-refractivity contribution is -0.0511. The van der Waals surface area contributed by atoms with Crippen LogP contribution in [-0.2, 0) is 6.54 Å². The minimum Gasteiger partial charge on any atom is -0.493 e. The Bertz CT molecular complexity index is 515. The third-order valence-electron chi connectivity index (χ3n) is 2.54. The minimum absolute atomic E-state index is 0.0107. The van der Waals surface area contributed by atoms with E-state index in [0.29, 0.717) is 12.2 Å². The Kier molecular flexibility index (Phi) is 4.22. The lowest BCUT2D eigenvalue weighted by Crippen LogP contribution is -2.05. The van der Waals surface area contributed by atoms with Crippen LogP contribution in [0.1, 0.15) is 5.56 Å². The number of aromatic amines is 1. The summed E-state index contributed by atoms with van der Waals surface area (Å²) < 4.78 is 33.9. The second-order valence-electron chi connectivity index (χ2n) is 3.82. The smallest absolute Gasteiger partial charge is 0.387 e. The van der Waals surface area contributed by atoms with Crippen LogP contribution < -0.4 is 14.8 Å². The molecule has 0 aliphatic heterocycles. The summed E-state index contributed by atoms with van der Waals surface area (Å²) in [6.07, 6.45) is 3.67. The van der Waals surface area contributed by atoms with Gasteiger partial charge in [0.05, 0.1) is 7.11 Å². The molecule has 0 amide bonds. The maximum atomic E-state index is 12.3. The molecule has 0 saturated carbocycles. The molecular formula is C13H14F2N2O2. The highest BCUT2D eigenvalue weighted by molar-refractivity contribution is 5.54. The number of rotatable bonds is 6. The van der Waals surface area contributed by atoms with Crippen molar-refractivity contribution < 1.29 is 18.3 Å². The van der Waals surface area contributed by atoms with Crippen LogP contribution in [0.5, 0.6) is 11.5 Å². The summed E-state index contributed by atoms with van der Waals surface area (Å²) in [6.45, 7) is -2.29. The molecule has 1 aromatic heterocycles. The van der Waals surface area contributed by atoms with Crippen molar-refractivity contribution in [2.75, 3.05) is 12.4 Å². The Labute approximate surface area is 109 Å². The molecule has 0 bridgehead atoms. The maximum Gasteiger partial charge on any atom is 0.387 e. The van der Waals surface area contributed by atoms with E-state index in [1.165, 1.54) is 13.2 Å². The summed E-state index contributed by atoms with van der Waals surface area (Å²) in [5, 5.41) is 3.11. The molecule has 6 heteroatoms.